The molecule has 0 atom stereocenters. The first-order valence-electron chi connectivity index (χ1n) is 9.51. The summed E-state index contributed by atoms with van der Waals surface area (Å²) in [5.74, 6) is 0.381. The first-order chi connectivity index (χ1) is 13.0. The van der Waals surface area contributed by atoms with E-state index >= 15 is 0 Å². The van der Waals surface area contributed by atoms with Crippen molar-refractivity contribution < 1.29 is 0 Å². The molecule has 0 saturated carbocycles. The van der Waals surface area contributed by atoms with Crippen molar-refractivity contribution in [2.75, 3.05) is 7.05 Å². The molecular weight excluding hydrogens is 348 g/mol. The lowest BCUT2D eigenvalue weighted by molar-refractivity contribution is 0.114. The van der Waals surface area contributed by atoms with Gasteiger partial charge in [0.25, 0.3) is 0 Å². The average molecular weight is 381 g/mol. The largest absolute Gasteiger partial charge is 0.357 e. The van der Waals surface area contributed by atoms with Crippen molar-refractivity contribution in [1.82, 2.24) is 10.2 Å². The standard InChI is InChI=1S/C22H32N6/c1-21(2)11-18(12-22(3,4)27-21)28(5)20(26)9-8-19(25)15-6-7-16(13-23)17(10-15)14-24/h6-10,13-14,18,23-27H,11-12H2,1-5H3/b9-8-,23-13?,24-14?,25-19?,26-20?. The number of benzene rings is 1. The molecule has 1 aromatic carbocycles. The zero-order valence-corrected chi connectivity index (χ0v) is 17.5. The quantitative estimate of drug-likeness (QED) is 0.382. The molecule has 0 aromatic heterocycles. The number of allylic oxidation sites excluding steroid dienone is 1. The van der Waals surface area contributed by atoms with E-state index < -0.39 is 0 Å². The molecule has 6 nitrogen and oxygen atoms in total. The van der Waals surface area contributed by atoms with Gasteiger partial charge in [0.15, 0.2) is 0 Å². The first kappa shape index (κ1) is 21.7. The summed E-state index contributed by atoms with van der Waals surface area (Å²) >= 11 is 0. The predicted octanol–water partition coefficient (Wildman–Crippen LogP) is 3.82. The van der Waals surface area contributed by atoms with Gasteiger partial charge in [-0.25, -0.2) is 0 Å². The van der Waals surface area contributed by atoms with E-state index in [-0.39, 0.29) is 22.8 Å². The smallest absolute Gasteiger partial charge is 0.120 e. The monoisotopic (exact) mass is 380 g/mol. The highest BCUT2D eigenvalue weighted by molar-refractivity contribution is 6.10. The maximum Gasteiger partial charge on any atom is 0.120 e. The summed E-state index contributed by atoms with van der Waals surface area (Å²) in [6, 6.07) is 5.49. The second kappa shape index (κ2) is 8.19. The van der Waals surface area contributed by atoms with Gasteiger partial charge in [0.05, 0.1) is 5.71 Å². The fourth-order valence-electron chi connectivity index (χ4n) is 4.11. The van der Waals surface area contributed by atoms with Crippen LogP contribution in [-0.2, 0) is 0 Å². The average Bonchev–Trinajstić information content (AvgIpc) is 2.61. The zero-order chi connectivity index (χ0) is 21.1. The number of rotatable bonds is 6. The third-order valence-electron chi connectivity index (χ3n) is 5.21. The Morgan fingerprint density at radius 1 is 1.00 bits per heavy atom. The van der Waals surface area contributed by atoms with Gasteiger partial charge < -0.3 is 26.4 Å². The maximum atomic E-state index is 8.44. The summed E-state index contributed by atoms with van der Waals surface area (Å²) < 4.78 is 0. The van der Waals surface area contributed by atoms with Gasteiger partial charge in [-0.1, -0.05) is 12.1 Å². The summed E-state index contributed by atoms with van der Waals surface area (Å²) in [6.45, 7) is 8.79. The lowest BCUT2D eigenvalue weighted by Gasteiger charge is -2.49. The van der Waals surface area contributed by atoms with E-state index in [0.717, 1.165) is 12.8 Å². The molecule has 2 rings (SSSR count). The van der Waals surface area contributed by atoms with Crippen LogP contribution in [0.2, 0.25) is 0 Å². The summed E-state index contributed by atoms with van der Waals surface area (Å²) in [7, 11) is 1.95. The highest BCUT2D eigenvalue weighted by Crippen LogP contribution is 2.31. The molecular formula is C22H32N6. The predicted molar refractivity (Wildman–Crippen MR) is 118 cm³/mol. The molecule has 0 bridgehead atoms. The van der Waals surface area contributed by atoms with Gasteiger partial charge in [0.1, 0.15) is 5.84 Å². The van der Waals surface area contributed by atoms with Gasteiger partial charge in [0.2, 0.25) is 0 Å². The highest BCUT2D eigenvalue weighted by Gasteiger charge is 2.39. The third-order valence-corrected chi connectivity index (χ3v) is 5.21. The van der Waals surface area contributed by atoms with Gasteiger partial charge in [-0.05, 0) is 58.8 Å². The lowest BCUT2D eigenvalue weighted by Crippen LogP contribution is -2.62. The maximum absolute atomic E-state index is 8.44. The molecule has 1 saturated heterocycles. The van der Waals surface area contributed by atoms with Crippen LogP contribution in [0.25, 0.3) is 0 Å². The molecule has 5 N–H and O–H groups in total. The number of amidine groups is 1. The van der Waals surface area contributed by atoms with E-state index in [0.29, 0.717) is 22.5 Å². The normalized spacial score (nSPS) is 18.6. The van der Waals surface area contributed by atoms with Gasteiger partial charge in [-0.15, -0.1) is 0 Å². The molecule has 1 aromatic rings. The number of likely N-dealkylation sites (N-methyl/N-ethyl adjacent to an activating group) is 1. The third kappa shape index (κ3) is 5.23. The molecule has 1 aliphatic rings. The minimum atomic E-state index is 0.0111. The van der Waals surface area contributed by atoms with E-state index in [2.05, 4.69) is 33.0 Å². The molecule has 6 heteroatoms. The van der Waals surface area contributed by atoms with E-state index in [1.807, 2.05) is 11.9 Å². The number of hydrogen-bond donors (Lipinski definition) is 5. The van der Waals surface area contributed by atoms with Crippen molar-refractivity contribution in [3.8, 4) is 0 Å². The fourth-order valence-corrected chi connectivity index (χ4v) is 4.11. The molecule has 28 heavy (non-hydrogen) atoms. The Balaban J connectivity index is 2.11. The van der Waals surface area contributed by atoms with Crippen LogP contribution in [0.15, 0.2) is 30.4 Å². The SMILES string of the molecule is CN(C(=N)/C=C\C(=N)c1ccc(C=N)c(C=N)c1)C1CC(C)(C)NC(C)(C)C1. The van der Waals surface area contributed by atoms with Crippen molar-refractivity contribution in [2.45, 2.75) is 57.7 Å². The number of nitrogens with one attached hydrogen (secondary N) is 5. The van der Waals surface area contributed by atoms with Gasteiger partial charge >= 0.3 is 0 Å². The van der Waals surface area contributed by atoms with Gasteiger partial charge in [0, 0.05) is 53.3 Å². The number of nitrogens with zero attached hydrogens (tertiary/aromatic N) is 1. The van der Waals surface area contributed by atoms with Crippen molar-refractivity contribution >= 4 is 24.0 Å². The topological polar surface area (TPSA) is 111 Å². The van der Waals surface area contributed by atoms with Crippen LogP contribution in [0.4, 0.5) is 0 Å². The number of hydrogen-bond acceptors (Lipinski definition) is 5. The zero-order valence-electron chi connectivity index (χ0n) is 17.5. The fraction of sp³-hybridized carbons (Fsp3) is 0.455. The van der Waals surface area contributed by atoms with Crippen LogP contribution >= 0.6 is 0 Å². The van der Waals surface area contributed by atoms with Crippen molar-refractivity contribution in [2.24, 2.45) is 0 Å². The minimum absolute atomic E-state index is 0.0111. The van der Waals surface area contributed by atoms with Crippen LogP contribution in [-0.4, -0.2) is 53.0 Å². The van der Waals surface area contributed by atoms with Crippen LogP contribution < -0.4 is 5.32 Å². The summed E-state index contributed by atoms with van der Waals surface area (Å²) in [4.78, 5) is 2.00. The molecule has 150 valence electrons. The molecule has 0 aliphatic carbocycles. The van der Waals surface area contributed by atoms with Crippen LogP contribution in [0.3, 0.4) is 0 Å². The van der Waals surface area contributed by atoms with Crippen molar-refractivity contribution in [1.29, 1.82) is 21.6 Å². The van der Waals surface area contributed by atoms with Crippen LogP contribution in [0.5, 0.6) is 0 Å². The Labute approximate surface area is 168 Å². The van der Waals surface area contributed by atoms with Crippen molar-refractivity contribution in [3.63, 3.8) is 0 Å². The van der Waals surface area contributed by atoms with Gasteiger partial charge in [-0.3, -0.25) is 5.41 Å². The van der Waals surface area contributed by atoms with Gasteiger partial charge in [-0.2, -0.15) is 0 Å². The molecule has 1 heterocycles. The van der Waals surface area contributed by atoms with Crippen molar-refractivity contribution in [3.05, 3.63) is 47.0 Å². The Morgan fingerprint density at radius 2 is 1.57 bits per heavy atom. The van der Waals surface area contributed by atoms with E-state index in [9.17, 15) is 0 Å². The van der Waals surface area contributed by atoms with E-state index in [4.69, 9.17) is 21.6 Å². The molecule has 0 spiro atoms. The lowest BCUT2D eigenvalue weighted by atomic mass is 9.79. The summed E-state index contributed by atoms with van der Waals surface area (Å²) in [5, 5.41) is 35.2. The summed E-state index contributed by atoms with van der Waals surface area (Å²) in [5.41, 5.74) is 2.23. The molecule has 1 fully saturated rings. The van der Waals surface area contributed by atoms with E-state index in [1.165, 1.54) is 12.4 Å². The summed E-state index contributed by atoms with van der Waals surface area (Å²) in [6.07, 6.45) is 7.60. The molecule has 1 aliphatic heterocycles. The molecule has 0 unspecified atom stereocenters. The molecule has 0 radical (unpaired) electrons. The Morgan fingerprint density at radius 3 is 2.11 bits per heavy atom. The Kier molecular flexibility index (Phi) is 6.34. The van der Waals surface area contributed by atoms with E-state index in [1.54, 1.807) is 30.4 Å². The Hall–Kier alpha value is -2.60. The van der Waals surface area contributed by atoms with Crippen LogP contribution in [0.1, 0.15) is 57.2 Å². The second-order valence-electron chi connectivity index (χ2n) is 8.83. The number of piperidine rings is 1. The molecule has 0 amide bonds. The Bertz CT molecular complexity index is 802. The van der Waals surface area contributed by atoms with Crippen LogP contribution in [0, 0.1) is 21.6 Å². The first-order valence-corrected chi connectivity index (χ1v) is 9.51. The minimum Gasteiger partial charge on any atom is -0.357 e. The highest BCUT2D eigenvalue weighted by atomic mass is 15.2. The second-order valence-corrected chi connectivity index (χ2v) is 8.83.